The quantitative estimate of drug-likeness (QED) is 0.664. The van der Waals surface area contributed by atoms with E-state index in [1.54, 1.807) is 0 Å². The second-order valence-corrected chi connectivity index (χ2v) is 2.69. The van der Waals surface area contributed by atoms with E-state index in [4.69, 9.17) is 0 Å². The molecule has 1 rings (SSSR count). The third kappa shape index (κ3) is 2.68. The van der Waals surface area contributed by atoms with E-state index in [-0.39, 0.29) is 0 Å². The Hall–Kier alpha value is -0.790. The molecule has 1 atom stereocenters. The van der Waals surface area contributed by atoms with Gasteiger partial charge < -0.3 is 0 Å². The van der Waals surface area contributed by atoms with E-state index in [1.165, 1.54) is 12.1 Å². The van der Waals surface area contributed by atoms with Gasteiger partial charge in [0.15, 0.2) is 0 Å². The van der Waals surface area contributed by atoms with Crippen molar-refractivity contribution in [3.8, 4) is 0 Å². The molecule has 1 aromatic rings. The van der Waals surface area contributed by atoms with Gasteiger partial charge in [-0.1, -0.05) is 27.7 Å². The highest BCUT2D eigenvalue weighted by Crippen LogP contribution is 2.16. The van der Waals surface area contributed by atoms with Crippen molar-refractivity contribution in [1.29, 1.82) is 0 Å². The van der Waals surface area contributed by atoms with Crippen molar-refractivity contribution in [2.75, 3.05) is 0 Å². The van der Waals surface area contributed by atoms with Gasteiger partial charge in [-0.05, 0) is 18.4 Å². The number of hydrogen-bond donors (Lipinski definition) is 0. The summed E-state index contributed by atoms with van der Waals surface area (Å²) in [4.78, 5) is 0. The summed E-state index contributed by atoms with van der Waals surface area (Å²) in [6.07, 6.45) is 3.03. The van der Waals surface area contributed by atoms with Crippen LogP contribution < -0.4 is 0 Å². The van der Waals surface area contributed by atoms with Crippen molar-refractivity contribution in [2.24, 2.45) is 7.05 Å². The Morgan fingerprint density at radius 2 is 2.08 bits per heavy atom. The van der Waals surface area contributed by atoms with E-state index < -0.39 is 0 Å². The maximum Gasteiger partial charge on any atom is 0.0492 e. The van der Waals surface area contributed by atoms with Gasteiger partial charge in [0, 0.05) is 18.9 Å². The minimum Gasteiger partial charge on any atom is -0.272 e. The van der Waals surface area contributed by atoms with Crippen LogP contribution in [-0.2, 0) is 7.05 Å². The van der Waals surface area contributed by atoms with Crippen molar-refractivity contribution >= 4 is 0 Å². The number of nitrogens with zero attached hydrogens (tertiary/aromatic N) is 2. The van der Waals surface area contributed by atoms with E-state index in [1.807, 2.05) is 31.8 Å². The molecule has 0 spiro atoms. The van der Waals surface area contributed by atoms with Crippen LogP contribution in [0.2, 0.25) is 0 Å². The zero-order valence-corrected chi connectivity index (χ0v) is 8.83. The first-order chi connectivity index (χ1) is 5.75. The zero-order valence-electron chi connectivity index (χ0n) is 8.83. The Morgan fingerprint density at radius 3 is 2.42 bits per heavy atom. The minimum atomic E-state index is 0.632. The SMILES string of the molecule is CC.CCC(C)c1ccnn1C. The smallest absolute Gasteiger partial charge is 0.0492 e. The second kappa shape index (κ2) is 5.81. The summed E-state index contributed by atoms with van der Waals surface area (Å²) in [7, 11) is 1.99. The number of aryl methyl sites for hydroxylation is 1. The van der Waals surface area contributed by atoms with Gasteiger partial charge in [0.1, 0.15) is 0 Å². The summed E-state index contributed by atoms with van der Waals surface area (Å²) < 4.78 is 1.94. The van der Waals surface area contributed by atoms with Gasteiger partial charge in [-0.25, -0.2) is 0 Å². The van der Waals surface area contributed by atoms with Gasteiger partial charge in [-0.3, -0.25) is 4.68 Å². The predicted molar refractivity (Wildman–Crippen MR) is 53.3 cm³/mol. The molecule has 0 fully saturated rings. The molecule has 0 aliphatic rings. The summed E-state index contributed by atoms with van der Waals surface area (Å²) in [6, 6.07) is 2.08. The Balaban J connectivity index is 0.000000561. The molecule has 0 aliphatic carbocycles. The summed E-state index contributed by atoms with van der Waals surface area (Å²) >= 11 is 0. The molecule has 0 amide bonds. The van der Waals surface area contributed by atoms with Crippen molar-refractivity contribution in [3.05, 3.63) is 18.0 Å². The molecule has 0 bridgehead atoms. The molecule has 0 radical (unpaired) electrons. The molecular formula is C10H20N2. The molecule has 0 N–H and O–H groups in total. The molecule has 12 heavy (non-hydrogen) atoms. The Morgan fingerprint density at radius 1 is 1.50 bits per heavy atom. The maximum absolute atomic E-state index is 4.10. The fourth-order valence-electron chi connectivity index (χ4n) is 1.08. The number of aromatic nitrogens is 2. The van der Waals surface area contributed by atoms with Gasteiger partial charge in [-0.15, -0.1) is 0 Å². The number of rotatable bonds is 2. The van der Waals surface area contributed by atoms with Gasteiger partial charge >= 0.3 is 0 Å². The van der Waals surface area contributed by atoms with Crippen LogP contribution in [0, 0.1) is 0 Å². The zero-order chi connectivity index (χ0) is 9.56. The van der Waals surface area contributed by atoms with Gasteiger partial charge in [-0.2, -0.15) is 5.10 Å². The molecule has 0 aromatic carbocycles. The van der Waals surface area contributed by atoms with Crippen molar-refractivity contribution in [2.45, 2.75) is 40.0 Å². The predicted octanol–water partition coefficient (Wildman–Crippen LogP) is 2.96. The molecular weight excluding hydrogens is 148 g/mol. The lowest BCUT2D eigenvalue weighted by Crippen LogP contribution is -2.01. The average molecular weight is 168 g/mol. The van der Waals surface area contributed by atoms with Gasteiger partial charge in [0.25, 0.3) is 0 Å². The van der Waals surface area contributed by atoms with E-state index in [0.29, 0.717) is 5.92 Å². The van der Waals surface area contributed by atoms with Crippen LogP contribution in [0.1, 0.15) is 45.7 Å². The summed E-state index contributed by atoms with van der Waals surface area (Å²) in [5.74, 6) is 0.632. The minimum absolute atomic E-state index is 0.632. The van der Waals surface area contributed by atoms with Crippen LogP contribution in [0.15, 0.2) is 12.3 Å². The fraction of sp³-hybridized carbons (Fsp3) is 0.700. The summed E-state index contributed by atoms with van der Waals surface area (Å²) in [5.41, 5.74) is 1.32. The first-order valence-corrected chi connectivity index (χ1v) is 4.73. The van der Waals surface area contributed by atoms with Gasteiger partial charge in [0.05, 0.1) is 0 Å². The first-order valence-electron chi connectivity index (χ1n) is 4.73. The topological polar surface area (TPSA) is 17.8 Å². The van der Waals surface area contributed by atoms with Crippen molar-refractivity contribution in [3.63, 3.8) is 0 Å². The molecule has 2 heteroatoms. The highest BCUT2D eigenvalue weighted by atomic mass is 15.3. The van der Waals surface area contributed by atoms with Crippen molar-refractivity contribution < 1.29 is 0 Å². The molecule has 1 heterocycles. The average Bonchev–Trinajstić information content (AvgIpc) is 2.54. The molecule has 1 unspecified atom stereocenters. The van der Waals surface area contributed by atoms with Crippen LogP contribution in [-0.4, -0.2) is 9.78 Å². The molecule has 2 nitrogen and oxygen atoms in total. The monoisotopic (exact) mass is 168 g/mol. The van der Waals surface area contributed by atoms with Crippen LogP contribution >= 0.6 is 0 Å². The maximum atomic E-state index is 4.10. The second-order valence-electron chi connectivity index (χ2n) is 2.69. The third-order valence-corrected chi connectivity index (χ3v) is 1.98. The van der Waals surface area contributed by atoms with E-state index in [9.17, 15) is 0 Å². The summed E-state index contributed by atoms with van der Waals surface area (Å²) in [5, 5.41) is 4.10. The van der Waals surface area contributed by atoms with E-state index in [2.05, 4.69) is 25.0 Å². The first kappa shape index (κ1) is 11.2. The highest BCUT2D eigenvalue weighted by molar-refractivity contribution is 5.05. The lowest BCUT2D eigenvalue weighted by Gasteiger charge is -2.07. The van der Waals surface area contributed by atoms with Crippen LogP contribution in [0.4, 0.5) is 0 Å². The Bertz CT molecular complexity index is 203. The lowest BCUT2D eigenvalue weighted by molar-refractivity contribution is 0.625. The largest absolute Gasteiger partial charge is 0.272 e. The van der Waals surface area contributed by atoms with Gasteiger partial charge in [0.2, 0.25) is 0 Å². The molecule has 0 aliphatic heterocycles. The van der Waals surface area contributed by atoms with Crippen molar-refractivity contribution in [1.82, 2.24) is 9.78 Å². The van der Waals surface area contributed by atoms with Crippen LogP contribution in [0.3, 0.4) is 0 Å². The Kier molecular flexibility index (Phi) is 5.43. The summed E-state index contributed by atoms with van der Waals surface area (Å²) in [6.45, 7) is 8.41. The lowest BCUT2D eigenvalue weighted by atomic mass is 10.1. The van der Waals surface area contributed by atoms with E-state index >= 15 is 0 Å². The molecule has 70 valence electrons. The Labute approximate surface area is 75.6 Å². The third-order valence-electron chi connectivity index (χ3n) is 1.98. The number of hydrogen-bond acceptors (Lipinski definition) is 1. The normalized spacial score (nSPS) is 11.8. The van der Waals surface area contributed by atoms with E-state index in [0.717, 1.165) is 0 Å². The fourth-order valence-corrected chi connectivity index (χ4v) is 1.08. The molecule has 0 saturated carbocycles. The van der Waals surface area contributed by atoms with Crippen LogP contribution in [0.25, 0.3) is 0 Å². The molecule has 1 aromatic heterocycles. The van der Waals surface area contributed by atoms with Crippen LogP contribution in [0.5, 0.6) is 0 Å². The molecule has 0 saturated heterocycles. The highest BCUT2D eigenvalue weighted by Gasteiger charge is 2.05. The standard InChI is InChI=1S/C8H14N2.C2H6/c1-4-7(2)8-5-6-9-10(8)3;1-2/h5-7H,4H2,1-3H3;1-2H3.